The molecule has 24 heavy (non-hydrogen) atoms. The maximum atomic E-state index is 13.4. The summed E-state index contributed by atoms with van der Waals surface area (Å²) < 4.78 is 26.4. The molecule has 0 spiro atoms. The van der Waals surface area contributed by atoms with E-state index in [2.05, 4.69) is 0 Å². The number of benzene rings is 1. The van der Waals surface area contributed by atoms with Crippen LogP contribution in [0.15, 0.2) is 18.2 Å². The summed E-state index contributed by atoms with van der Waals surface area (Å²) in [7, 11) is 0. The Labute approximate surface area is 139 Å². The molecule has 1 unspecified atom stereocenters. The zero-order valence-electron chi connectivity index (χ0n) is 14.1. The molecule has 1 aromatic carbocycles. The van der Waals surface area contributed by atoms with Gasteiger partial charge in [-0.2, -0.15) is 0 Å². The summed E-state index contributed by atoms with van der Waals surface area (Å²) in [6, 6.07) is 3.23. The van der Waals surface area contributed by atoms with Crippen molar-refractivity contribution in [3.63, 3.8) is 0 Å². The molecule has 5 nitrogen and oxygen atoms in total. The van der Waals surface area contributed by atoms with Crippen LogP contribution in [0, 0.1) is 17.6 Å². The molecule has 0 aliphatic carbocycles. The van der Waals surface area contributed by atoms with Crippen LogP contribution in [0.4, 0.5) is 14.5 Å². The smallest absolute Gasteiger partial charge is 0.239 e. The van der Waals surface area contributed by atoms with E-state index in [1.54, 1.807) is 20.8 Å². The normalized spacial score (nSPS) is 18.2. The number of hydrogen-bond donors (Lipinski definition) is 1. The summed E-state index contributed by atoms with van der Waals surface area (Å²) in [6.07, 6.45) is 0.305. The predicted octanol–water partition coefficient (Wildman–Crippen LogP) is 1.94. The zero-order chi connectivity index (χ0) is 18.1. The van der Waals surface area contributed by atoms with Gasteiger partial charge >= 0.3 is 0 Å². The van der Waals surface area contributed by atoms with Crippen molar-refractivity contribution in [2.45, 2.75) is 32.8 Å². The molecule has 1 N–H and O–H groups in total. The van der Waals surface area contributed by atoms with Gasteiger partial charge in [-0.3, -0.25) is 9.59 Å². The number of carbonyl (C=O) groups excluding carboxylic acids is 2. The molecule has 7 heteroatoms. The number of amides is 2. The van der Waals surface area contributed by atoms with Crippen LogP contribution in [-0.4, -0.2) is 47.1 Å². The SMILES string of the molecule is CCN(CC(C)(C)O)C(=O)C1CCN(c2ccc(F)c(F)c2)C1=O. The van der Waals surface area contributed by atoms with Crippen LogP contribution in [0.1, 0.15) is 27.2 Å². The highest BCUT2D eigenvalue weighted by atomic mass is 19.2. The Hall–Kier alpha value is -2.02. The van der Waals surface area contributed by atoms with Gasteiger partial charge in [0, 0.05) is 31.4 Å². The number of halogens is 2. The summed E-state index contributed by atoms with van der Waals surface area (Å²) >= 11 is 0. The van der Waals surface area contributed by atoms with Crippen molar-refractivity contribution in [1.82, 2.24) is 4.90 Å². The van der Waals surface area contributed by atoms with E-state index in [1.807, 2.05) is 0 Å². The van der Waals surface area contributed by atoms with Crippen molar-refractivity contribution in [2.75, 3.05) is 24.5 Å². The van der Waals surface area contributed by atoms with Gasteiger partial charge in [0.2, 0.25) is 11.8 Å². The second-order valence-electron chi connectivity index (χ2n) is 6.59. The number of aliphatic hydroxyl groups is 1. The molecule has 0 aromatic heterocycles. The van der Waals surface area contributed by atoms with E-state index in [0.29, 0.717) is 13.0 Å². The fourth-order valence-corrected chi connectivity index (χ4v) is 2.85. The van der Waals surface area contributed by atoms with Crippen molar-refractivity contribution in [2.24, 2.45) is 5.92 Å². The minimum absolute atomic E-state index is 0.122. The van der Waals surface area contributed by atoms with E-state index in [-0.39, 0.29) is 24.7 Å². The highest BCUT2D eigenvalue weighted by molar-refractivity contribution is 6.09. The fraction of sp³-hybridized carbons (Fsp3) is 0.529. The molecule has 2 amide bonds. The average molecular weight is 340 g/mol. The van der Waals surface area contributed by atoms with Crippen LogP contribution in [0.25, 0.3) is 0 Å². The number of likely N-dealkylation sites (N-methyl/N-ethyl adjacent to an activating group) is 1. The Morgan fingerprint density at radius 1 is 1.38 bits per heavy atom. The molecule has 1 aliphatic heterocycles. The van der Waals surface area contributed by atoms with Gasteiger partial charge in [0.1, 0.15) is 5.92 Å². The second kappa shape index (κ2) is 6.84. The molecule has 1 saturated heterocycles. The van der Waals surface area contributed by atoms with E-state index in [4.69, 9.17) is 0 Å². The Kier molecular flexibility index (Phi) is 5.22. The van der Waals surface area contributed by atoms with Gasteiger partial charge in [-0.1, -0.05) is 0 Å². The largest absolute Gasteiger partial charge is 0.389 e. The van der Waals surface area contributed by atoms with Gasteiger partial charge in [-0.25, -0.2) is 8.78 Å². The van der Waals surface area contributed by atoms with Crippen molar-refractivity contribution in [1.29, 1.82) is 0 Å². The molecule has 1 atom stereocenters. The first-order valence-corrected chi connectivity index (χ1v) is 7.91. The lowest BCUT2D eigenvalue weighted by molar-refractivity contribution is -0.142. The van der Waals surface area contributed by atoms with E-state index in [1.165, 1.54) is 15.9 Å². The lowest BCUT2D eigenvalue weighted by atomic mass is 10.0. The summed E-state index contributed by atoms with van der Waals surface area (Å²) in [5.41, 5.74) is -0.827. The first-order chi connectivity index (χ1) is 11.1. The van der Waals surface area contributed by atoms with Gasteiger partial charge in [0.25, 0.3) is 0 Å². The van der Waals surface area contributed by atoms with Crippen LogP contribution in [0.5, 0.6) is 0 Å². The molecule has 132 valence electrons. The van der Waals surface area contributed by atoms with Gasteiger partial charge in [0.05, 0.1) is 5.60 Å². The fourth-order valence-electron chi connectivity index (χ4n) is 2.85. The Morgan fingerprint density at radius 2 is 2.04 bits per heavy atom. The monoisotopic (exact) mass is 340 g/mol. The molecule has 0 radical (unpaired) electrons. The number of anilines is 1. The summed E-state index contributed by atoms with van der Waals surface area (Å²) in [6.45, 7) is 5.71. The second-order valence-corrected chi connectivity index (χ2v) is 6.59. The van der Waals surface area contributed by atoms with E-state index < -0.39 is 29.1 Å². The quantitative estimate of drug-likeness (QED) is 0.834. The van der Waals surface area contributed by atoms with Crippen molar-refractivity contribution in [3.05, 3.63) is 29.8 Å². The predicted molar refractivity (Wildman–Crippen MR) is 85.4 cm³/mol. The first-order valence-electron chi connectivity index (χ1n) is 7.91. The average Bonchev–Trinajstić information content (AvgIpc) is 2.87. The highest BCUT2D eigenvalue weighted by Gasteiger charge is 2.40. The van der Waals surface area contributed by atoms with Gasteiger partial charge in [-0.05, 0) is 39.3 Å². The van der Waals surface area contributed by atoms with E-state index >= 15 is 0 Å². The Morgan fingerprint density at radius 3 is 2.58 bits per heavy atom. The van der Waals surface area contributed by atoms with Crippen LogP contribution < -0.4 is 4.90 Å². The minimum atomic E-state index is -1.06. The third kappa shape index (κ3) is 3.90. The van der Waals surface area contributed by atoms with Crippen molar-refractivity contribution >= 4 is 17.5 Å². The molecular formula is C17H22F2N2O3. The number of hydrogen-bond acceptors (Lipinski definition) is 3. The molecule has 0 bridgehead atoms. The molecule has 1 aliphatic rings. The maximum absolute atomic E-state index is 13.4. The third-order valence-electron chi connectivity index (χ3n) is 3.99. The number of carbonyl (C=O) groups is 2. The van der Waals surface area contributed by atoms with E-state index in [0.717, 1.165) is 12.1 Å². The summed E-state index contributed by atoms with van der Waals surface area (Å²) in [5, 5.41) is 9.90. The third-order valence-corrected chi connectivity index (χ3v) is 3.99. The molecular weight excluding hydrogens is 318 g/mol. The minimum Gasteiger partial charge on any atom is -0.389 e. The topological polar surface area (TPSA) is 60.9 Å². The standard InChI is InChI=1S/C17H22F2N2O3/c1-4-20(10-17(2,3)24)15(22)12-7-8-21(16(12)23)11-5-6-13(18)14(19)9-11/h5-6,9,12,24H,4,7-8,10H2,1-3H3. The van der Waals surface area contributed by atoms with E-state index in [9.17, 15) is 23.5 Å². The lowest BCUT2D eigenvalue weighted by Crippen LogP contribution is -2.46. The van der Waals surface area contributed by atoms with Gasteiger partial charge in [0.15, 0.2) is 11.6 Å². The molecule has 1 heterocycles. The maximum Gasteiger partial charge on any atom is 0.239 e. The number of rotatable bonds is 5. The van der Waals surface area contributed by atoms with Crippen LogP contribution in [-0.2, 0) is 9.59 Å². The number of nitrogens with zero attached hydrogens (tertiary/aromatic N) is 2. The summed E-state index contributed by atoms with van der Waals surface area (Å²) in [4.78, 5) is 27.9. The lowest BCUT2D eigenvalue weighted by Gasteiger charge is -2.29. The highest BCUT2D eigenvalue weighted by Crippen LogP contribution is 2.28. The molecule has 0 saturated carbocycles. The molecule has 1 aromatic rings. The van der Waals surface area contributed by atoms with Crippen LogP contribution in [0.2, 0.25) is 0 Å². The van der Waals surface area contributed by atoms with Gasteiger partial charge < -0.3 is 14.9 Å². The van der Waals surface area contributed by atoms with Crippen LogP contribution in [0.3, 0.4) is 0 Å². The Bertz CT molecular complexity index is 643. The molecule has 1 fully saturated rings. The molecule has 2 rings (SSSR count). The first kappa shape index (κ1) is 18.3. The van der Waals surface area contributed by atoms with Crippen LogP contribution >= 0.6 is 0 Å². The summed E-state index contributed by atoms with van der Waals surface area (Å²) in [5.74, 6) is -3.66. The zero-order valence-corrected chi connectivity index (χ0v) is 14.1. The Balaban J connectivity index is 2.15. The van der Waals surface area contributed by atoms with Gasteiger partial charge in [-0.15, -0.1) is 0 Å². The van der Waals surface area contributed by atoms with Crippen molar-refractivity contribution < 1.29 is 23.5 Å². The van der Waals surface area contributed by atoms with Crippen molar-refractivity contribution in [3.8, 4) is 0 Å².